The number of phosphoric ester groups is 1. The molecule has 1 heterocycles. The van der Waals surface area contributed by atoms with Gasteiger partial charge in [-0.05, 0) is 12.1 Å². The van der Waals surface area contributed by atoms with Crippen molar-refractivity contribution in [2.24, 2.45) is 5.73 Å². The molecule has 1 amide bonds. The summed E-state index contributed by atoms with van der Waals surface area (Å²) in [6.07, 6.45) is 3.02. The van der Waals surface area contributed by atoms with Gasteiger partial charge in [0.1, 0.15) is 0 Å². The van der Waals surface area contributed by atoms with Gasteiger partial charge >= 0.3 is 7.82 Å². The van der Waals surface area contributed by atoms with Crippen LogP contribution in [0, 0.1) is 0 Å². The van der Waals surface area contributed by atoms with E-state index in [1.165, 1.54) is 6.20 Å². The third kappa shape index (κ3) is 7.77. The van der Waals surface area contributed by atoms with Gasteiger partial charge in [0.05, 0.1) is 5.56 Å². The van der Waals surface area contributed by atoms with E-state index in [-0.39, 0.29) is 0 Å². The summed E-state index contributed by atoms with van der Waals surface area (Å²) in [6.45, 7) is 0. The minimum absolute atomic E-state index is 0.442. The van der Waals surface area contributed by atoms with E-state index in [2.05, 4.69) is 9.51 Å². The summed E-state index contributed by atoms with van der Waals surface area (Å²) in [7, 11) is -3.20. The number of pyridine rings is 1. The van der Waals surface area contributed by atoms with Gasteiger partial charge in [-0.2, -0.15) is 0 Å². The zero-order valence-electron chi connectivity index (χ0n) is 7.90. The molecule has 0 aliphatic rings. The summed E-state index contributed by atoms with van der Waals surface area (Å²) >= 11 is 0. The van der Waals surface area contributed by atoms with Crippen LogP contribution >= 0.6 is 7.82 Å². The third-order valence-electron chi connectivity index (χ3n) is 1.18. The van der Waals surface area contributed by atoms with Crippen LogP contribution in [-0.4, -0.2) is 27.8 Å². The van der Waals surface area contributed by atoms with Crippen molar-refractivity contribution < 1.29 is 23.7 Å². The smallest absolute Gasteiger partial charge is 0.366 e. The van der Waals surface area contributed by atoms with E-state index in [9.17, 15) is 9.36 Å². The van der Waals surface area contributed by atoms with Crippen LogP contribution in [0.5, 0.6) is 0 Å². The van der Waals surface area contributed by atoms with Crippen LogP contribution in [0.2, 0.25) is 0 Å². The van der Waals surface area contributed by atoms with E-state index in [0.717, 1.165) is 7.11 Å². The molecular weight excluding hydrogens is 223 g/mol. The molecular formula is C7H11N2O5P. The quantitative estimate of drug-likeness (QED) is 0.614. The second-order valence-electron chi connectivity index (χ2n) is 2.28. The Bertz CT molecular complexity index is 350. The summed E-state index contributed by atoms with van der Waals surface area (Å²) in [4.78, 5) is 29.5. The van der Waals surface area contributed by atoms with Crippen LogP contribution in [0.15, 0.2) is 24.5 Å². The van der Waals surface area contributed by atoms with E-state index < -0.39 is 13.7 Å². The Morgan fingerprint density at radius 3 is 2.33 bits per heavy atom. The van der Waals surface area contributed by atoms with E-state index >= 15 is 0 Å². The van der Waals surface area contributed by atoms with Crippen LogP contribution < -0.4 is 5.73 Å². The molecule has 7 nitrogen and oxygen atoms in total. The number of hydrogen-bond acceptors (Lipinski definition) is 4. The Labute approximate surface area is 86.1 Å². The average Bonchev–Trinajstić information content (AvgIpc) is 2.19. The molecule has 1 rings (SSSR count). The van der Waals surface area contributed by atoms with Crippen LogP contribution in [0.3, 0.4) is 0 Å². The molecule has 0 aromatic carbocycles. The van der Waals surface area contributed by atoms with Crippen molar-refractivity contribution in [1.29, 1.82) is 0 Å². The van der Waals surface area contributed by atoms with Gasteiger partial charge in [0.2, 0.25) is 5.91 Å². The van der Waals surface area contributed by atoms with Crippen LogP contribution in [0.1, 0.15) is 10.4 Å². The molecule has 1 aromatic heterocycles. The number of phosphoric acid groups is 1. The summed E-state index contributed by atoms with van der Waals surface area (Å²) < 4.78 is 13.1. The minimum atomic E-state index is -4.15. The summed E-state index contributed by atoms with van der Waals surface area (Å²) in [5, 5.41) is 0. The number of hydrogen-bond donors (Lipinski definition) is 3. The summed E-state index contributed by atoms with van der Waals surface area (Å²) in [6, 6.07) is 3.29. The van der Waals surface area contributed by atoms with Crippen molar-refractivity contribution in [3.05, 3.63) is 30.1 Å². The standard InChI is InChI=1S/C6H6N2O.CH5O4P/c7-6(9)5-2-1-3-8-4-5;1-5-6(2,3)4/h1-4H,(H2,7,9);1H3,(H2,2,3,4). The highest BCUT2D eigenvalue weighted by Crippen LogP contribution is 2.33. The first kappa shape index (κ1) is 13.7. The normalized spacial score (nSPS) is 10.1. The van der Waals surface area contributed by atoms with E-state index in [4.69, 9.17) is 15.5 Å². The highest BCUT2D eigenvalue weighted by molar-refractivity contribution is 7.46. The number of rotatable bonds is 2. The zero-order chi connectivity index (χ0) is 11.9. The lowest BCUT2D eigenvalue weighted by molar-refractivity contribution is 0.1000. The van der Waals surface area contributed by atoms with Crippen molar-refractivity contribution in [2.45, 2.75) is 0 Å². The third-order valence-corrected chi connectivity index (χ3v) is 1.66. The molecule has 0 aliphatic carbocycles. The van der Waals surface area contributed by atoms with Crippen molar-refractivity contribution in [3.63, 3.8) is 0 Å². The van der Waals surface area contributed by atoms with Gasteiger partial charge in [0.15, 0.2) is 0 Å². The van der Waals surface area contributed by atoms with Crippen LogP contribution in [0.4, 0.5) is 0 Å². The maximum absolute atomic E-state index is 10.4. The molecule has 0 unspecified atom stereocenters. The molecule has 15 heavy (non-hydrogen) atoms. The topological polar surface area (TPSA) is 123 Å². The molecule has 84 valence electrons. The lowest BCUT2D eigenvalue weighted by Gasteiger charge is -1.93. The summed E-state index contributed by atoms with van der Waals surface area (Å²) in [5.74, 6) is -0.442. The van der Waals surface area contributed by atoms with Gasteiger partial charge in [-0.3, -0.25) is 14.3 Å². The fourth-order valence-electron chi connectivity index (χ4n) is 0.509. The number of primary amides is 1. The fraction of sp³-hybridized carbons (Fsp3) is 0.143. The monoisotopic (exact) mass is 234 g/mol. The van der Waals surface area contributed by atoms with Gasteiger partial charge in [-0.15, -0.1) is 0 Å². The van der Waals surface area contributed by atoms with Crippen molar-refractivity contribution in [2.75, 3.05) is 7.11 Å². The Morgan fingerprint density at radius 1 is 1.60 bits per heavy atom. The molecule has 0 fully saturated rings. The average molecular weight is 234 g/mol. The molecule has 0 radical (unpaired) electrons. The number of aromatic nitrogens is 1. The van der Waals surface area contributed by atoms with E-state index in [1.807, 2.05) is 0 Å². The predicted molar refractivity (Wildman–Crippen MR) is 51.8 cm³/mol. The Balaban J connectivity index is 0.000000288. The number of nitrogens with zero attached hydrogens (tertiary/aromatic N) is 1. The van der Waals surface area contributed by atoms with Gasteiger partial charge < -0.3 is 15.5 Å². The van der Waals surface area contributed by atoms with Gasteiger partial charge in [0.25, 0.3) is 0 Å². The van der Waals surface area contributed by atoms with Gasteiger partial charge in [-0.25, -0.2) is 4.57 Å². The lowest BCUT2D eigenvalue weighted by Crippen LogP contribution is -2.10. The first-order chi connectivity index (χ1) is 6.87. The SMILES string of the molecule is COP(=O)(O)O.NC(=O)c1cccnc1. The number of amides is 1. The first-order valence-electron chi connectivity index (χ1n) is 3.68. The molecule has 1 aromatic rings. The number of carbonyl (C=O) groups excluding carboxylic acids is 1. The molecule has 0 atom stereocenters. The largest absolute Gasteiger partial charge is 0.469 e. The Kier molecular flexibility index (Phi) is 5.73. The highest BCUT2D eigenvalue weighted by Gasteiger charge is 2.07. The molecule has 0 saturated carbocycles. The minimum Gasteiger partial charge on any atom is -0.366 e. The maximum atomic E-state index is 10.4. The van der Waals surface area contributed by atoms with Crippen molar-refractivity contribution >= 4 is 13.7 Å². The summed E-state index contributed by atoms with van der Waals surface area (Å²) in [5.41, 5.74) is 5.38. The van der Waals surface area contributed by atoms with E-state index in [0.29, 0.717) is 5.56 Å². The molecule has 0 aliphatic heterocycles. The first-order valence-corrected chi connectivity index (χ1v) is 5.21. The number of nitrogens with two attached hydrogens (primary N) is 1. The Hall–Kier alpha value is -1.27. The fourth-order valence-corrected chi connectivity index (χ4v) is 0.509. The Morgan fingerprint density at radius 2 is 2.13 bits per heavy atom. The maximum Gasteiger partial charge on any atom is 0.469 e. The molecule has 0 bridgehead atoms. The van der Waals surface area contributed by atoms with Gasteiger partial charge in [-0.1, -0.05) is 0 Å². The van der Waals surface area contributed by atoms with Crippen molar-refractivity contribution in [3.8, 4) is 0 Å². The van der Waals surface area contributed by atoms with Crippen LogP contribution in [-0.2, 0) is 9.09 Å². The number of carbonyl (C=O) groups is 1. The van der Waals surface area contributed by atoms with Gasteiger partial charge in [0, 0.05) is 19.5 Å². The molecule has 0 saturated heterocycles. The molecule has 4 N–H and O–H groups in total. The lowest BCUT2D eigenvalue weighted by atomic mass is 10.3. The second-order valence-corrected chi connectivity index (χ2v) is 3.63. The van der Waals surface area contributed by atoms with Crippen molar-refractivity contribution in [1.82, 2.24) is 4.98 Å². The van der Waals surface area contributed by atoms with Crippen LogP contribution in [0.25, 0.3) is 0 Å². The predicted octanol–water partition coefficient (Wildman–Crippen LogP) is -0.0940. The molecule has 0 spiro atoms. The van der Waals surface area contributed by atoms with E-state index in [1.54, 1.807) is 18.3 Å². The zero-order valence-corrected chi connectivity index (χ0v) is 8.79. The molecule has 8 heteroatoms. The highest BCUT2D eigenvalue weighted by atomic mass is 31.2. The second kappa shape index (κ2) is 6.26.